The normalized spacial score (nSPS) is 19.0. The zero-order valence-corrected chi connectivity index (χ0v) is 38.3. The van der Waals surface area contributed by atoms with E-state index in [0.717, 1.165) is 43.1 Å². The van der Waals surface area contributed by atoms with Gasteiger partial charge in [-0.1, -0.05) is 168 Å². The second-order valence-corrected chi connectivity index (χ2v) is 18.0. The molecule has 0 aromatic carbocycles. The number of rotatable bonds is 38. The fourth-order valence-corrected chi connectivity index (χ4v) is 8.22. The molecule has 0 spiro atoms. The Balaban J connectivity index is 1.80. The number of unbranched alkanes of at least 4 members (excludes halogenated alkanes) is 24. The molecule has 1 fully saturated rings. The van der Waals surface area contributed by atoms with E-state index in [1.165, 1.54) is 128 Å². The highest BCUT2D eigenvalue weighted by atomic mass is 31.2. The van der Waals surface area contributed by atoms with Crippen molar-refractivity contribution in [2.75, 3.05) is 25.6 Å². The van der Waals surface area contributed by atoms with Crippen LogP contribution in [0.3, 0.4) is 0 Å². The van der Waals surface area contributed by atoms with Crippen LogP contribution in [-0.4, -0.2) is 69.6 Å². The molecule has 0 radical (unpaired) electrons. The molecule has 2 unspecified atom stereocenters. The van der Waals surface area contributed by atoms with E-state index in [4.69, 9.17) is 29.0 Å². The summed E-state index contributed by atoms with van der Waals surface area (Å²) in [6, 6.07) is 3.21. The van der Waals surface area contributed by atoms with Crippen LogP contribution < -0.4 is 11.4 Å². The van der Waals surface area contributed by atoms with Crippen LogP contribution in [0.4, 0.5) is 5.82 Å². The second-order valence-electron chi connectivity index (χ2n) is 16.6. The number of aromatic nitrogens is 2. The van der Waals surface area contributed by atoms with Crippen LogP contribution in [0.15, 0.2) is 17.1 Å². The highest BCUT2D eigenvalue weighted by Gasteiger charge is 2.46. The van der Waals surface area contributed by atoms with E-state index in [-0.39, 0.29) is 25.3 Å². The number of esters is 2. The van der Waals surface area contributed by atoms with Crippen molar-refractivity contribution in [3.8, 4) is 6.07 Å². The summed E-state index contributed by atoms with van der Waals surface area (Å²) in [5, 5.41) is 20.4. The third-order valence-electron chi connectivity index (χ3n) is 11.2. The number of hydrogen-bond donors (Lipinski definition) is 3. The van der Waals surface area contributed by atoms with Crippen molar-refractivity contribution in [1.82, 2.24) is 9.55 Å². The molecule has 0 aliphatic carbocycles. The minimum atomic E-state index is -4.85. The fourth-order valence-electron chi connectivity index (χ4n) is 7.46. The number of aliphatic hydroxyl groups excluding tert-OH is 1. The van der Waals surface area contributed by atoms with E-state index in [1.807, 2.05) is 6.07 Å². The van der Waals surface area contributed by atoms with Gasteiger partial charge in [-0.3, -0.25) is 23.2 Å². The van der Waals surface area contributed by atoms with E-state index in [9.17, 15) is 34.2 Å². The van der Waals surface area contributed by atoms with Crippen molar-refractivity contribution < 1.29 is 47.4 Å². The third-order valence-corrected chi connectivity index (χ3v) is 12.1. The Labute approximate surface area is 365 Å². The Bertz CT molecular complexity index is 1470. The molecule has 16 heteroatoms. The van der Waals surface area contributed by atoms with Gasteiger partial charge in [0.25, 0.3) is 0 Å². The summed E-state index contributed by atoms with van der Waals surface area (Å²) in [5.74, 6) is -2.28. The first kappa shape index (κ1) is 54.3. The molecule has 0 saturated carbocycles. The molecule has 1 aliphatic heterocycles. The number of aliphatic hydroxyl groups is 1. The number of nitrogens with two attached hydrogens (primary N) is 1. The summed E-state index contributed by atoms with van der Waals surface area (Å²) >= 11 is 0. The Morgan fingerprint density at radius 1 is 0.787 bits per heavy atom. The van der Waals surface area contributed by atoms with Crippen molar-refractivity contribution in [2.45, 2.75) is 218 Å². The first-order valence-corrected chi connectivity index (χ1v) is 25.1. The van der Waals surface area contributed by atoms with Gasteiger partial charge in [-0.2, -0.15) is 10.2 Å². The van der Waals surface area contributed by atoms with E-state index < -0.39 is 69.1 Å². The lowest BCUT2D eigenvalue weighted by Gasteiger charge is -2.21. The first-order chi connectivity index (χ1) is 29.5. The Hall–Kier alpha value is -2.86. The number of carbonyl (C=O) groups excluding carboxylic acids is 2. The van der Waals surface area contributed by atoms with Crippen LogP contribution in [0.1, 0.15) is 200 Å². The predicted molar refractivity (Wildman–Crippen MR) is 235 cm³/mol. The number of hydrogen-bond acceptors (Lipinski definition) is 13. The summed E-state index contributed by atoms with van der Waals surface area (Å²) in [7, 11) is -4.85. The average Bonchev–Trinajstić information content (AvgIpc) is 3.55. The predicted octanol–water partition coefficient (Wildman–Crippen LogP) is 9.77. The maximum Gasteiger partial charge on any atom is 0.472 e. The van der Waals surface area contributed by atoms with Crippen LogP contribution in [0.5, 0.6) is 0 Å². The highest BCUT2D eigenvalue weighted by molar-refractivity contribution is 7.47. The highest BCUT2D eigenvalue weighted by Crippen LogP contribution is 2.45. The van der Waals surface area contributed by atoms with Gasteiger partial charge in [0.1, 0.15) is 30.6 Å². The lowest BCUT2D eigenvalue weighted by atomic mass is 10.0. The lowest BCUT2D eigenvalue weighted by Crippen LogP contribution is -2.32. The molecule has 6 atom stereocenters. The zero-order chi connectivity index (χ0) is 44.6. The number of carbonyl (C=O) groups is 2. The Morgan fingerprint density at radius 2 is 1.25 bits per heavy atom. The number of nitrogen functional groups attached to an aromatic ring is 1. The number of nitrogens with zero attached hydrogens (tertiary/aromatic N) is 3. The van der Waals surface area contributed by atoms with Crippen LogP contribution in [-0.2, 0) is 37.4 Å². The molecule has 1 saturated heterocycles. The topological polar surface area (TPSA) is 223 Å². The van der Waals surface area contributed by atoms with Crippen molar-refractivity contribution in [3.05, 3.63) is 22.7 Å². The number of nitriles is 1. The molecule has 0 bridgehead atoms. The van der Waals surface area contributed by atoms with E-state index in [1.54, 1.807) is 0 Å². The summed E-state index contributed by atoms with van der Waals surface area (Å²) in [6.07, 6.45) is 26.9. The SMILES string of the molecule is CCCCCCCCCCCCCCCC(=O)OCC(COP(=O)(O)OC[C@H]1O[C@@H](n2ccc(N)nc2=O)[C@@H](C#N)[C@@H]1O)OC(=O)CCCCCCCCCCCCCCC. The van der Waals surface area contributed by atoms with Gasteiger partial charge in [0, 0.05) is 19.0 Å². The first-order valence-electron chi connectivity index (χ1n) is 23.6. The van der Waals surface area contributed by atoms with E-state index in [2.05, 4.69) is 18.8 Å². The van der Waals surface area contributed by atoms with Crippen LogP contribution in [0.2, 0.25) is 0 Å². The van der Waals surface area contributed by atoms with Crippen LogP contribution in [0, 0.1) is 17.2 Å². The molecule has 0 amide bonds. The minimum Gasteiger partial charge on any atom is -0.462 e. The molecule has 1 aromatic rings. The van der Waals surface area contributed by atoms with E-state index in [0.29, 0.717) is 12.8 Å². The Morgan fingerprint density at radius 3 is 1.70 bits per heavy atom. The quantitative estimate of drug-likeness (QED) is 0.0320. The zero-order valence-electron chi connectivity index (χ0n) is 37.4. The standard InChI is InChI=1S/C45H79N4O11P/c1-3-5-7-9-11-13-15-17-19-21-23-25-27-29-41(50)56-34-37(59-42(51)30-28-26-24-22-20-18-16-14-12-10-8-6-4-2)35-57-61(54,55)58-36-39-43(52)38(33-46)44(60-39)49-32-31-40(47)48-45(49)53/h31-32,37-39,43-44,52H,3-30,34-36H2,1-2H3,(H,54,55)(H2,47,48,53)/t37?,38-,39+,43-,44+/m0/s1. The molecule has 15 nitrogen and oxygen atoms in total. The third kappa shape index (κ3) is 25.1. The average molecular weight is 883 g/mol. The van der Waals surface area contributed by atoms with Crippen LogP contribution in [0.25, 0.3) is 0 Å². The molecular weight excluding hydrogens is 803 g/mol. The molecule has 350 valence electrons. The van der Waals surface area contributed by atoms with Gasteiger partial charge >= 0.3 is 25.5 Å². The van der Waals surface area contributed by atoms with Gasteiger partial charge in [0.2, 0.25) is 0 Å². The van der Waals surface area contributed by atoms with E-state index >= 15 is 0 Å². The smallest absolute Gasteiger partial charge is 0.462 e. The molecule has 61 heavy (non-hydrogen) atoms. The number of anilines is 1. The summed E-state index contributed by atoms with van der Waals surface area (Å²) < 4.78 is 40.8. The van der Waals surface area contributed by atoms with Crippen molar-refractivity contribution in [2.24, 2.45) is 5.92 Å². The Kier molecular flexibility index (Phi) is 30.0. The van der Waals surface area contributed by atoms with Crippen LogP contribution >= 0.6 is 7.82 Å². The number of phosphoric acid groups is 1. The van der Waals surface area contributed by atoms with Gasteiger partial charge in [-0.25, -0.2) is 9.36 Å². The number of ether oxygens (including phenoxy) is 3. The molecular formula is C45H79N4O11P. The monoisotopic (exact) mass is 883 g/mol. The van der Waals surface area contributed by atoms with Crippen molar-refractivity contribution >= 4 is 25.6 Å². The summed E-state index contributed by atoms with van der Waals surface area (Å²) in [4.78, 5) is 51.9. The van der Waals surface area contributed by atoms with Gasteiger partial charge in [0.15, 0.2) is 12.3 Å². The summed E-state index contributed by atoms with van der Waals surface area (Å²) in [5.41, 5.74) is 4.74. The van der Waals surface area contributed by atoms with Gasteiger partial charge < -0.3 is 29.9 Å². The second kappa shape index (κ2) is 33.7. The number of phosphoric ester groups is 1. The molecule has 4 N–H and O–H groups in total. The van der Waals surface area contributed by atoms with Gasteiger partial charge in [-0.05, 0) is 18.9 Å². The molecule has 1 aromatic heterocycles. The largest absolute Gasteiger partial charge is 0.472 e. The maximum absolute atomic E-state index is 12.9. The maximum atomic E-state index is 12.9. The van der Waals surface area contributed by atoms with Gasteiger partial charge in [0.05, 0.1) is 19.3 Å². The molecule has 2 heterocycles. The van der Waals surface area contributed by atoms with Crippen molar-refractivity contribution in [3.63, 3.8) is 0 Å². The minimum absolute atomic E-state index is 0.0419. The van der Waals surface area contributed by atoms with Gasteiger partial charge in [-0.15, -0.1) is 0 Å². The fraction of sp³-hybridized carbons (Fsp3) is 0.844. The molecule has 1 aliphatic rings. The summed E-state index contributed by atoms with van der Waals surface area (Å²) in [6.45, 7) is 2.79. The molecule has 2 rings (SSSR count). The van der Waals surface area contributed by atoms with Crippen molar-refractivity contribution in [1.29, 1.82) is 5.26 Å². The lowest BCUT2D eigenvalue weighted by molar-refractivity contribution is -0.161.